The Morgan fingerprint density at radius 3 is 2.32 bits per heavy atom. The maximum absolute atomic E-state index is 5.68. The summed E-state index contributed by atoms with van der Waals surface area (Å²) in [6.45, 7) is 11.4. The maximum Gasteiger partial charge on any atom is 0.0625 e. The van der Waals surface area contributed by atoms with Gasteiger partial charge in [0.05, 0.1) is 6.61 Å². The average Bonchev–Trinajstić information content (AvgIpc) is 2.46. The second kappa shape index (κ2) is 9.11. The molecule has 0 radical (unpaired) electrons. The van der Waals surface area contributed by atoms with Crippen molar-refractivity contribution < 1.29 is 4.74 Å². The van der Waals surface area contributed by atoms with Crippen molar-refractivity contribution in [3.8, 4) is 0 Å². The Labute approximate surface area is 118 Å². The second-order valence-electron chi connectivity index (χ2n) is 5.15. The highest BCUT2D eigenvalue weighted by atomic mass is 16.5. The zero-order valence-electron chi connectivity index (χ0n) is 12.9. The highest BCUT2D eigenvalue weighted by Crippen LogP contribution is 2.30. The summed E-state index contributed by atoms with van der Waals surface area (Å²) in [4.78, 5) is 0. The molecule has 1 aromatic rings. The zero-order chi connectivity index (χ0) is 14.1. The SMILES string of the molecule is CCNC(COCC)C(c1ccccc1)C(C)CC. The van der Waals surface area contributed by atoms with Gasteiger partial charge in [0, 0.05) is 18.6 Å². The number of nitrogens with one attached hydrogen (secondary N) is 1. The summed E-state index contributed by atoms with van der Waals surface area (Å²) in [6.07, 6.45) is 1.19. The van der Waals surface area contributed by atoms with Crippen LogP contribution in [0, 0.1) is 5.92 Å². The van der Waals surface area contributed by atoms with E-state index in [4.69, 9.17) is 4.74 Å². The lowest BCUT2D eigenvalue weighted by atomic mass is 9.80. The lowest BCUT2D eigenvalue weighted by molar-refractivity contribution is 0.106. The molecule has 0 saturated heterocycles. The van der Waals surface area contributed by atoms with Gasteiger partial charge in [0.1, 0.15) is 0 Å². The minimum atomic E-state index is 0.391. The van der Waals surface area contributed by atoms with Gasteiger partial charge >= 0.3 is 0 Å². The average molecular weight is 263 g/mol. The van der Waals surface area contributed by atoms with Gasteiger partial charge in [-0.2, -0.15) is 0 Å². The Hall–Kier alpha value is -0.860. The fourth-order valence-corrected chi connectivity index (χ4v) is 2.68. The Balaban J connectivity index is 2.92. The summed E-state index contributed by atoms with van der Waals surface area (Å²) >= 11 is 0. The van der Waals surface area contributed by atoms with Gasteiger partial charge in [-0.05, 0) is 24.9 Å². The van der Waals surface area contributed by atoms with Gasteiger partial charge in [-0.15, -0.1) is 0 Å². The topological polar surface area (TPSA) is 21.3 Å². The van der Waals surface area contributed by atoms with Crippen LogP contribution in [0.1, 0.15) is 45.6 Å². The molecule has 0 heterocycles. The van der Waals surface area contributed by atoms with Crippen LogP contribution in [-0.2, 0) is 4.74 Å². The fourth-order valence-electron chi connectivity index (χ4n) is 2.68. The van der Waals surface area contributed by atoms with E-state index in [0.29, 0.717) is 17.9 Å². The van der Waals surface area contributed by atoms with E-state index >= 15 is 0 Å². The number of benzene rings is 1. The first-order valence-corrected chi connectivity index (χ1v) is 7.60. The monoisotopic (exact) mass is 263 g/mol. The predicted octanol–water partition coefficient (Wildman–Crippen LogP) is 3.83. The van der Waals surface area contributed by atoms with E-state index in [-0.39, 0.29) is 0 Å². The van der Waals surface area contributed by atoms with Gasteiger partial charge in [-0.25, -0.2) is 0 Å². The van der Waals surface area contributed by atoms with Crippen LogP contribution in [0.15, 0.2) is 30.3 Å². The quantitative estimate of drug-likeness (QED) is 0.731. The maximum atomic E-state index is 5.68. The zero-order valence-corrected chi connectivity index (χ0v) is 12.9. The molecule has 0 aliphatic heterocycles. The third kappa shape index (κ3) is 4.96. The summed E-state index contributed by atoms with van der Waals surface area (Å²) in [5.74, 6) is 1.16. The van der Waals surface area contributed by atoms with Crippen molar-refractivity contribution in [2.45, 2.75) is 46.1 Å². The molecule has 0 spiro atoms. The van der Waals surface area contributed by atoms with Crippen molar-refractivity contribution in [1.82, 2.24) is 5.32 Å². The Bertz CT molecular complexity index is 325. The molecule has 108 valence electrons. The summed E-state index contributed by atoms with van der Waals surface area (Å²) in [7, 11) is 0. The Morgan fingerprint density at radius 2 is 1.79 bits per heavy atom. The molecular formula is C17H29NO. The van der Waals surface area contributed by atoms with E-state index in [0.717, 1.165) is 19.8 Å². The number of rotatable bonds is 9. The molecule has 2 nitrogen and oxygen atoms in total. The van der Waals surface area contributed by atoms with Crippen molar-refractivity contribution in [3.63, 3.8) is 0 Å². The molecule has 0 bridgehead atoms. The van der Waals surface area contributed by atoms with E-state index in [1.165, 1.54) is 12.0 Å². The predicted molar refractivity (Wildman–Crippen MR) is 82.6 cm³/mol. The summed E-state index contributed by atoms with van der Waals surface area (Å²) in [6, 6.07) is 11.2. The van der Waals surface area contributed by atoms with Crippen molar-refractivity contribution in [2.24, 2.45) is 5.92 Å². The molecule has 0 aliphatic rings. The van der Waals surface area contributed by atoms with Gasteiger partial charge in [0.25, 0.3) is 0 Å². The van der Waals surface area contributed by atoms with Gasteiger partial charge < -0.3 is 10.1 Å². The van der Waals surface area contributed by atoms with Crippen LogP contribution in [0.2, 0.25) is 0 Å². The van der Waals surface area contributed by atoms with E-state index in [2.05, 4.69) is 63.3 Å². The van der Waals surface area contributed by atoms with E-state index in [1.807, 2.05) is 0 Å². The van der Waals surface area contributed by atoms with Crippen molar-refractivity contribution in [1.29, 1.82) is 0 Å². The van der Waals surface area contributed by atoms with Gasteiger partial charge in [0.15, 0.2) is 0 Å². The van der Waals surface area contributed by atoms with Crippen molar-refractivity contribution in [3.05, 3.63) is 35.9 Å². The van der Waals surface area contributed by atoms with Gasteiger partial charge in [-0.1, -0.05) is 57.5 Å². The van der Waals surface area contributed by atoms with Gasteiger partial charge in [-0.3, -0.25) is 0 Å². The molecule has 1 rings (SSSR count). The van der Waals surface area contributed by atoms with E-state index in [9.17, 15) is 0 Å². The third-order valence-corrected chi connectivity index (χ3v) is 3.84. The summed E-state index contributed by atoms with van der Waals surface area (Å²) in [5, 5.41) is 3.61. The minimum absolute atomic E-state index is 0.391. The molecule has 0 aromatic heterocycles. The summed E-state index contributed by atoms with van der Waals surface area (Å²) in [5.41, 5.74) is 1.42. The first kappa shape index (κ1) is 16.2. The largest absolute Gasteiger partial charge is 0.380 e. The molecule has 19 heavy (non-hydrogen) atoms. The molecule has 3 atom stereocenters. The van der Waals surface area contributed by atoms with Crippen LogP contribution in [0.4, 0.5) is 0 Å². The van der Waals surface area contributed by atoms with E-state index < -0.39 is 0 Å². The number of ether oxygens (including phenoxy) is 1. The molecule has 0 saturated carbocycles. The lowest BCUT2D eigenvalue weighted by Gasteiger charge is -2.32. The standard InChI is InChI=1S/C17H29NO/c1-5-14(4)17(15-11-9-8-10-12-15)16(18-6-2)13-19-7-3/h8-12,14,16-18H,5-7,13H2,1-4H3. The Kier molecular flexibility index (Phi) is 7.76. The number of likely N-dealkylation sites (N-methyl/N-ethyl adjacent to an activating group) is 1. The van der Waals surface area contributed by atoms with Crippen LogP contribution < -0.4 is 5.32 Å². The lowest BCUT2D eigenvalue weighted by Crippen LogP contribution is -2.41. The first-order valence-electron chi connectivity index (χ1n) is 7.60. The van der Waals surface area contributed by atoms with Crippen LogP contribution in [-0.4, -0.2) is 25.8 Å². The third-order valence-electron chi connectivity index (χ3n) is 3.84. The fraction of sp³-hybridized carbons (Fsp3) is 0.647. The number of hydrogen-bond acceptors (Lipinski definition) is 2. The molecule has 1 aromatic carbocycles. The van der Waals surface area contributed by atoms with Gasteiger partial charge in [0.2, 0.25) is 0 Å². The summed E-state index contributed by atoms with van der Waals surface area (Å²) < 4.78 is 5.68. The van der Waals surface area contributed by atoms with Crippen LogP contribution in [0.3, 0.4) is 0 Å². The molecule has 0 amide bonds. The van der Waals surface area contributed by atoms with Crippen LogP contribution in [0.25, 0.3) is 0 Å². The van der Waals surface area contributed by atoms with Crippen LogP contribution in [0.5, 0.6) is 0 Å². The first-order chi connectivity index (χ1) is 9.24. The molecule has 0 aliphatic carbocycles. The molecule has 1 N–H and O–H groups in total. The minimum Gasteiger partial charge on any atom is -0.380 e. The Morgan fingerprint density at radius 1 is 1.11 bits per heavy atom. The number of hydrogen-bond donors (Lipinski definition) is 1. The normalized spacial score (nSPS) is 16.0. The highest BCUT2D eigenvalue weighted by molar-refractivity contribution is 5.22. The highest BCUT2D eigenvalue weighted by Gasteiger charge is 2.26. The molecular weight excluding hydrogens is 234 g/mol. The van der Waals surface area contributed by atoms with Crippen LogP contribution >= 0.6 is 0 Å². The molecule has 0 fully saturated rings. The van der Waals surface area contributed by atoms with Crippen molar-refractivity contribution in [2.75, 3.05) is 19.8 Å². The van der Waals surface area contributed by atoms with Crippen molar-refractivity contribution >= 4 is 0 Å². The van der Waals surface area contributed by atoms with E-state index in [1.54, 1.807) is 0 Å². The molecule has 2 heteroatoms. The second-order valence-corrected chi connectivity index (χ2v) is 5.15. The smallest absolute Gasteiger partial charge is 0.0625 e. The molecule has 3 unspecified atom stereocenters.